The van der Waals surface area contributed by atoms with Crippen LogP contribution in [0.5, 0.6) is 11.5 Å². The highest BCUT2D eigenvalue weighted by Crippen LogP contribution is 2.32. The average molecular weight is 221 g/mol. The van der Waals surface area contributed by atoms with E-state index in [-0.39, 0.29) is 11.7 Å². The van der Waals surface area contributed by atoms with Crippen LogP contribution in [0.3, 0.4) is 0 Å². The lowest BCUT2D eigenvalue weighted by Crippen LogP contribution is -2.10. The first-order valence-corrected chi connectivity index (χ1v) is 4.88. The standard InChI is InChI=1S/C11H11NO4/c1-8(12(13)14)2-3-9-4-5-10-11(6-9)16-7-15-10/h2-6,8H,7H2,1H3/b3-2-/t8-/m0/s1. The van der Waals surface area contributed by atoms with Crippen molar-refractivity contribution < 1.29 is 14.4 Å². The van der Waals surface area contributed by atoms with Crippen LogP contribution >= 0.6 is 0 Å². The van der Waals surface area contributed by atoms with Crippen molar-refractivity contribution >= 4 is 6.08 Å². The summed E-state index contributed by atoms with van der Waals surface area (Å²) >= 11 is 0. The molecule has 1 aromatic carbocycles. The molecule has 0 unspecified atom stereocenters. The van der Waals surface area contributed by atoms with E-state index >= 15 is 0 Å². The van der Waals surface area contributed by atoms with Crippen molar-refractivity contribution in [2.45, 2.75) is 13.0 Å². The Morgan fingerprint density at radius 3 is 2.94 bits per heavy atom. The zero-order valence-electron chi connectivity index (χ0n) is 8.75. The van der Waals surface area contributed by atoms with Gasteiger partial charge in [-0.2, -0.15) is 0 Å². The molecule has 84 valence electrons. The van der Waals surface area contributed by atoms with Gasteiger partial charge in [0.1, 0.15) is 0 Å². The number of rotatable bonds is 3. The summed E-state index contributed by atoms with van der Waals surface area (Å²) in [6.07, 6.45) is 3.24. The van der Waals surface area contributed by atoms with Crippen molar-refractivity contribution in [2.24, 2.45) is 0 Å². The van der Waals surface area contributed by atoms with Gasteiger partial charge in [-0.3, -0.25) is 10.1 Å². The first-order chi connectivity index (χ1) is 7.66. The first kappa shape index (κ1) is 10.5. The minimum absolute atomic E-state index is 0.230. The van der Waals surface area contributed by atoms with Gasteiger partial charge >= 0.3 is 0 Å². The summed E-state index contributed by atoms with van der Waals surface area (Å²) in [4.78, 5) is 10.1. The molecule has 1 heterocycles. The monoisotopic (exact) mass is 221 g/mol. The van der Waals surface area contributed by atoms with E-state index in [2.05, 4.69) is 0 Å². The highest BCUT2D eigenvalue weighted by Gasteiger charge is 2.12. The van der Waals surface area contributed by atoms with Gasteiger partial charge in [-0.25, -0.2) is 0 Å². The number of hydrogen-bond acceptors (Lipinski definition) is 4. The molecule has 1 aliphatic rings. The number of ether oxygens (including phenoxy) is 2. The summed E-state index contributed by atoms with van der Waals surface area (Å²) in [5.74, 6) is 1.38. The minimum Gasteiger partial charge on any atom is -0.454 e. The Bertz CT molecular complexity index is 442. The van der Waals surface area contributed by atoms with Crippen molar-refractivity contribution in [3.05, 3.63) is 40.0 Å². The molecule has 1 atom stereocenters. The van der Waals surface area contributed by atoms with Crippen LogP contribution in [0, 0.1) is 10.1 Å². The summed E-state index contributed by atoms with van der Waals surface area (Å²) < 4.78 is 10.4. The second-order valence-electron chi connectivity index (χ2n) is 3.50. The summed E-state index contributed by atoms with van der Waals surface area (Å²) in [7, 11) is 0. The van der Waals surface area contributed by atoms with Crippen LogP contribution < -0.4 is 9.47 Å². The molecule has 1 aliphatic heterocycles. The van der Waals surface area contributed by atoms with Gasteiger partial charge in [0.2, 0.25) is 12.8 Å². The van der Waals surface area contributed by atoms with Gasteiger partial charge in [0.25, 0.3) is 0 Å². The van der Waals surface area contributed by atoms with E-state index in [0.717, 1.165) is 5.56 Å². The second-order valence-corrected chi connectivity index (χ2v) is 3.50. The number of benzene rings is 1. The lowest BCUT2D eigenvalue weighted by atomic mass is 10.1. The highest BCUT2D eigenvalue weighted by molar-refractivity contribution is 5.56. The van der Waals surface area contributed by atoms with E-state index in [4.69, 9.17) is 9.47 Å². The van der Waals surface area contributed by atoms with E-state index in [0.29, 0.717) is 11.5 Å². The van der Waals surface area contributed by atoms with Crippen LogP contribution in [-0.2, 0) is 0 Å². The quantitative estimate of drug-likeness (QED) is 0.579. The van der Waals surface area contributed by atoms with Crippen LogP contribution in [0.15, 0.2) is 24.3 Å². The van der Waals surface area contributed by atoms with Gasteiger partial charge in [-0.1, -0.05) is 12.1 Å². The average Bonchev–Trinajstić information content (AvgIpc) is 2.72. The number of fused-ring (bicyclic) bond motifs is 1. The van der Waals surface area contributed by atoms with Gasteiger partial charge in [0.15, 0.2) is 11.5 Å². The Kier molecular flexibility index (Phi) is 2.76. The molecule has 0 N–H and O–H groups in total. The van der Waals surface area contributed by atoms with Crippen LogP contribution in [0.1, 0.15) is 12.5 Å². The maximum Gasteiger partial charge on any atom is 0.231 e. The lowest BCUT2D eigenvalue weighted by molar-refractivity contribution is -0.504. The number of nitro groups is 1. The second kappa shape index (κ2) is 4.22. The molecule has 0 radical (unpaired) electrons. The molecule has 2 rings (SSSR count). The molecule has 0 aliphatic carbocycles. The van der Waals surface area contributed by atoms with E-state index in [9.17, 15) is 10.1 Å². The fourth-order valence-electron chi connectivity index (χ4n) is 1.34. The number of hydrogen-bond donors (Lipinski definition) is 0. The Hall–Kier alpha value is -2.04. The third-order valence-electron chi connectivity index (χ3n) is 2.30. The summed E-state index contributed by atoms with van der Waals surface area (Å²) in [6.45, 7) is 1.76. The molecule has 0 amide bonds. The van der Waals surface area contributed by atoms with Crippen molar-refractivity contribution in [3.63, 3.8) is 0 Å². The smallest absolute Gasteiger partial charge is 0.231 e. The van der Waals surface area contributed by atoms with E-state index < -0.39 is 6.04 Å². The molecule has 0 bridgehead atoms. The summed E-state index contributed by atoms with van der Waals surface area (Å²) in [5, 5.41) is 10.4. The molecular formula is C11H11NO4. The summed E-state index contributed by atoms with van der Waals surface area (Å²) in [5.41, 5.74) is 0.859. The molecule has 0 spiro atoms. The molecule has 5 heteroatoms. The minimum atomic E-state index is -0.689. The van der Waals surface area contributed by atoms with Crippen LogP contribution in [-0.4, -0.2) is 17.8 Å². The van der Waals surface area contributed by atoms with Crippen molar-refractivity contribution in [1.29, 1.82) is 0 Å². The molecule has 0 fully saturated rings. The molecule has 1 aromatic rings. The topological polar surface area (TPSA) is 61.6 Å². The Morgan fingerprint density at radius 1 is 1.44 bits per heavy atom. The van der Waals surface area contributed by atoms with Crippen molar-refractivity contribution in [2.75, 3.05) is 6.79 Å². The zero-order valence-corrected chi connectivity index (χ0v) is 8.75. The van der Waals surface area contributed by atoms with E-state index in [1.165, 1.54) is 13.0 Å². The van der Waals surface area contributed by atoms with Crippen LogP contribution in [0.2, 0.25) is 0 Å². The van der Waals surface area contributed by atoms with Crippen LogP contribution in [0.25, 0.3) is 6.08 Å². The zero-order chi connectivity index (χ0) is 11.5. The third-order valence-corrected chi connectivity index (χ3v) is 2.30. The van der Waals surface area contributed by atoms with E-state index in [1.54, 1.807) is 18.2 Å². The van der Waals surface area contributed by atoms with Gasteiger partial charge in [-0.05, 0) is 23.8 Å². The van der Waals surface area contributed by atoms with Gasteiger partial charge < -0.3 is 9.47 Å². The predicted octanol–water partition coefficient (Wildman–Crippen LogP) is 2.09. The lowest BCUT2D eigenvalue weighted by Gasteiger charge is -1.98. The molecule has 0 aromatic heterocycles. The Balaban J connectivity index is 2.13. The van der Waals surface area contributed by atoms with Gasteiger partial charge in [0.05, 0.1) is 0 Å². The summed E-state index contributed by atoms with van der Waals surface area (Å²) in [6, 6.07) is 4.73. The van der Waals surface area contributed by atoms with Gasteiger partial charge in [-0.15, -0.1) is 0 Å². The Labute approximate surface area is 92.4 Å². The van der Waals surface area contributed by atoms with Crippen LogP contribution in [0.4, 0.5) is 0 Å². The fourth-order valence-corrected chi connectivity index (χ4v) is 1.34. The molecule has 5 nitrogen and oxygen atoms in total. The first-order valence-electron chi connectivity index (χ1n) is 4.88. The maximum absolute atomic E-state index is 10.4. The fraction of sp³-hybridized carbons (Fsp3) is 0.273. The normalized spacial score (nSPS) is 15.3. The predicted molar refractivity (Wildman–Crippen MR) is 58.1 cm³/mol. The Morgan fingerprint density at radius 2 is 2.19 bits per heavy atom. The number of nitrogens with zero attached hydrogens (tertiary/aromatic N) is 1. The molecule has 0 saturated heterocycles. The molecule has 0 saturated carbocycles. The molecule has 16 heavy (non-hydrogen) atoms. The maximum atomic E-state index is 10.4. The largest absolute Gasteiger partial charge is 0.454 e. The SMILES string of the molecule is C[C@@H](/C=C\c1ccc2c(c1)OCO2)[N+](=O)[O-]. The molecular weight excluding hydrogens is 210 g/mol. The van der Waals surface area contributed by atoms with E-state index in [1.807, 2.05) is 6.07 Å². The third kappa shape index (κ3) is 2.13. The van der Waals surface area contributed by atoms with Crippen molar-refractivity contribution in [3.8, 4) is 11.5 Å². The highest BCUT2D eigenvalue weighted by atomic mass is 16.7. The van der Waals surface area contributed by atoms with Crippen molar-refractivity contribution in [1.82, 2.24) is 0 Å². The van der Waals surface area contributed by atoms with Gasteiger partial charge in [0, 0.05) is 11.8 Å².